The molecule has 0 saturated heterocycles. The van der Waals surface area contributed by atoms with Crippen molar-refractivity contribution in [3.05, 3.63) is 0 Å². The summed E-state index contributed by atoms with van der Waals surface area (Å²) in [5.41, 5.74) is 16.0. The maximum Gasteiger partial charge on any atom is 0.326 e. The van der Waals surface area contributed by atoms with Crippen LogP contribution in [0.3, 0.4) is 0 Å². The van der Waals surface area contributed by atoms with Crippen LogP contribution in [0.15, 0.2) is 0 Å². The highest BCUT2D eigenvalue weighted by Gasteiger charge is 2.28. The number of carboxylic acid groups (broad SMARTS) is 2. The minimum absolute atomic E-state index is 0.0754. The Kier molecular flexibility index (Phi) is 14.0. The molecule has 0 spiro atoms. The Balaban J connectivity index is 5.07. The molecule has 0 heterocycles. The van der Waals surface area contributed by atoms with Crippen LogP contribution in [0.4, 0.5) is 0 Å². The summed E-state index contributed by atoms with van der Waals surface area (Å²) in [6, 6.07) is -4.85. The third kappa shape index (κ3) is 13.0. The van der Waals surface area contributed by atoms with Crippen molar-refractivity contribution in [3.63, 3.8) is 0 Å². The molecule has 0 aliphatic heterocycles. The second kappa shape index (κ2) is 15.5. The highest BCUT2D eigenvalue weighted by atomic mass is 16.4. The summed E-state index contributed by atoms with van der Waals surface area (Å²) in [6.07, 6.45) is 0.228. The number of carboxylic acids is 2. The van der Waals surface area contributed by atoms with Crippen molar-refractivity contribution in [2.75, 3.05) is 6.54 Å². The minimum atomic E-state index is -1.33. The van der Waals surface area contributed by atoms with E-state index in [1.54, 1.807) is 0 Å². The van der Waals surface area contributed by atoms with E-state index in [4.69, 9.17) is 22.3 Å². The molecule has 0 aliphatic carbocycles. The van der Waals surface area contributed by atoms with E-state index < -0.39 is 66.2 Å². The number of amides is 4. The summed E-state index contributed by atoms with van der Waals surface area (Å²) >= 11 is 0. The fraction of sp³-hybridized carbons (Fsp3) is 0.684. The number of rotatable bonds is 17. The molecule has 14 heteroatoms. The van der Waals surface area contributed by atoms with Crippen molar-refractivity contribution >= 4 is 35.6 Å². The molecule has 4 unspecified atom stereocenters. The minimum Gasteiger partial charge on any atom is -0.481 e. The van der Waals surface area contributed by atoms with E-state index in [1.165, 1.54) is 6.92 Å². The molecule has 0 aromatic heterocycles. The molecule has 0 rings (SSSR count). The zero-order valence-electron chi connectivity index (χ0n) is 18.5. The van der Waals surface area contributed by atoms with Gasteiger partial charge in [-0.3, -0.25) is 24.0 Å². The molecule has 4 atom stereocenters. The molecule has 0 bridgehead atoms. The average Bonchev–Trinajstić information content (AvgIpc) is 2.73. The predicted octanol–water partition coefficient (Wildman–Crippen LogP) is -2.87. The van der Waals surface area contributed by atoms with Crippen molar-refractivity contribution in [2.45, 2.75) is 76.0 Å². The Labute approximate surface area is 191 Å². The van der Waals surface area contributed by atoms with Crippen LogP contribution in [0.25, 0.3) is 0 Å². The summed E-state index contributed by atoms with van der Waals surface area (Å²) in [5, 5.41) is 25.1. The van der Waals surface area contributed by atoms with Crippen LogP contribution in [0.5, 0.6) is 0 Å². The zero-order valence-corrected chi connectivity index (χ0v) is 18.5. The number of hydrogen-bond acceptors (Lipinski definition) is 8. The number of unbranched alkanes of at least 4 members (excludes halogenated alkanes) is 1. The molecular weight excluding hydrogens is 440 g/mol. The first-order valence-corrected chi connectivity index (χ1v) is 10.5. The standard InChI is InChI=1S/C19H34N6O8/c1-10(16(29)25-13(19(32)33)4-2-3-9-20)23-18(31)12(6-8-15(27)28)24-17(30)11(21)5-7-14(22)26/h10-13H,2-9,20-21H2,1H3,(H2,22,26)(H,23,31)(H,24,30)(H,25,29)(H,27,28)(H,32,33). The van der Waals surface area contributed by atoms with Crippen LogP contribution in [0, 0.1) is 0 Å². The van der Waals surface area contributed by atoms with Gasteiger partial charge in [0.1, 0.15) is 18.1 Å². The van der Waals surface area contributed by atoms with Gasteiger partial charge in [-0.05, 0) is 45.6 Å². The van der Waals surface area contributed by atoms with E-state index in [0.29, 0.717) is 19.4 Å². The lowest BCUT2D eigenvalue weighted by atomic mass is 10.1. The average molecular weight is 475 g/mol. The second-order valence-electron chi connectivity index (χ2n) is 7.52. The van der Waals surface area contributed by atoms with Gasteiger partial charge in [0.2, 0.25) is 23.6 Å². The second-order valence-corrected chi connectivity index (χ2v) is 7.52. The molecule has 0 radical (unpaired) electrons. The molecule has 4 amide bonds. The van der Waals surface area contributed by atoms with Gasteiger partial charge in [-0.1, -0.05) is 0 Å². The van der Waals surface area contributed by atoms with Crippen LogP contribution >= 0.6 is 0 Å². The summed E-state index contributed by atoms with van der Waals surface area (Å²) in [5.74, 6) is -5.55. The largest absolute Gasteiger partial charge is 0.481 e. The van der Waals surface area contributed by atoms with E-state index in [9.17, 15) is 33.9 Å². The molecule has 11 N–H and O–H groups in total. The molecule has 0 fully saturated rings. The summed E-state index contributed by atoms with van der Waals surface area (Å²) in [6.45, 7) is 1.68. The first-order valence-electron chi connectivity index (χ1n) is 10.5. The van der Waals surface area contributed by atoms with Crippen molar-refractivity contribution in [3.8, 4) is 0 Å². The fourth-order valence-corrected chi connectivity index (χ4v) is 2.67. The van der Waals surface area contributed by atoms with E-state index in [0.717, 1.165) is 0 Å². The number of nitrogens with two attached hydrogens (primary N) is 3. The summed E-state index contributed by atoms with van der Waals surface area (Å²) < 4.78 is 0. The third-order valence-electron chi connectivity index (χ3n) is 4.63. The zero-order chi connectivity index (χ0) is 25.6. The number of aliphatic carboxylic acids is 2. The Bertz CT molecular complexity index is 716. The van der Waals surface area contributed by atoms with Gasteiger partial charge in [0, 0.05) is 12.8 Å². The van der Waals surface area contributed by atoms with E-state index in [-0.39, 0.29) is 25.7 Å². The van der Waals surface area contributed by atoms with Gasteiger partial charge < -0.3 is 43.4 Å². The van der Waals surface area contributed by atoms with Gasteiger partial charge in [0.25, 0.3) is 0 Å². The van der Waals surface area contributed by atoms with Gasteiger partial charge in [-0.15, -0.1) is 0 Å². The van der Waals surface area contributed by atoms with Crippen LogP contribution in [-0.2, 0) is 28.8 Å². The molecule has 14 nitrogen and oxygen atoms in total. The fourth-order valence-electron chi connectivity index (χ4n) is 2.67. The van der Waals surface area contributed by atoms with Gasteiger partial charge in [0.15, 0.2) is 0 Å². The van der Waals surface area contributed by atoms with E-state index >= 15 is 0 Å². The smallest absolute Gasteiger partial charge is 0.326 e. The first kappa shape index (κ1) is 29.7. The normalized spacial score (nSPS) is 14.3. The predicted molar refractivity (Wildman–Crippen MR) is 115 cm³/mol. The monoisotopic (exact) mass is 474 g/mol. The first-order chi connectivity index (χ1) is 15.4. The Morgan fingerprint density at radius 2 is 1.39 bits per heavy atom. The summed E-state index contributed by atoms with van der Waals surface area (Å²) in [7, 11) is 0. The Morgan fingerprint density at radius 1 is 0.788 bits per heavy atom. The van der Waals surface area contributed by atoms with Gasteiger partial charge in [-0.2, -0.15) is 0 Å². The molecule has 0 aliphatic rings. The van der Waals surface area contributed by atoms with Gasteiger partial charge >= 0.3 is 11.9 Å². The molecular formula is C19H34N6O8. The molecule has 188 valence electrons. The van der Waals surface area contributed by atoms with Crippen LogP contribution in [0.2, 0.25) is 0 Å². The highest BCUT2D eigenvalue weighted by molar-refractivity contribution is 5.94. The highest BCUT2D eigenvalue weighted by Crippen LogP contribution is 2.04. The summed E-state index contributed by atoms with van der Waals surface area (Å²) in [4.78, 5) is 70.2. The lowest BCUT2D eigenvalue weighted by Gasteiger charge is -2.23. The van der Waals surface area contributed by atoms with Crippen molar-refractivity contribution in [1.29, 1.82) is 0 Å². The molecule has 0 aromatic rings. The number of primary amides is 1. The van der Waals surface area contributed by atoms with Crippen LogP contribution in [0.1, 0.15) is 51.9 Å². The van der Waals surface area contributed by atoms with E-state index in [2.05, 4.69) is 16.0 Å². The molecule has 33 heavy (non-hydrogen) atoms. The van der Waals surface area contributed by atoms with Crippen LogP contribution in [-0.4, -0.2) is 76.5 Å². The maximum atomic E-state index is 12.6. The number of carbonyl (C=O) groups is 6. The Morgan fingerprint density at radius 3 is 1.91 bits per heavy atom. The Hall–Kier alpha value is -3.26. The van der Waals surface area contributed by atoms with Gasteiger partial charge in [0.05, 0.1) is 6.04 Å². The maximum absolute atomic E-state index is 12.6. The van der Waals surface area contributed by atoms with Gasteiger partial charge in [-0.25, -0.2) is 4.79 Å². The van der Waals surface area contributed by atoms with Crippen molar-refractivity contribution < 1.29 is 39.0 Å². The SMILES string of the molecule is CC(NC(=O)C(CCC(=O)O)NC(=O)C(N)CCC(N)=O)C(=O)NC(CCCCN)C(=O)O. The molecule has 0 saturated carbocycles. The van der Waals surface area contributed by atoms with Crippen molar-refractivity contribution in [1.82, 2.24) is 16.0 Å². The third-order valence-corrected chi connectivity index (χ3v) is 4.63. The number of carbonyl (C=O) groups excluding carboxylic acids is 4. The lowest BCUT2D eigenvalue weighted by molar-refractivity contribution is -0.142. The number of hydrogen-bond donors (Lipinski definition) is 8. The van der Waals surface area contributed by atoms with Crippen molar-refractivity contribution in [2.24, 2.45) is 17.2 Å². The quantitative estimate of drug-likeness (QED) is 0.0999. The topological polar surface area (TPSA) is 257 Å². The van der Waals surface area contributed by atoms with Crippen LogP contribution < -0.4 is 33.2 Å². The lowest BCUT2D eigenvalue weighted by Crippen LogP contribution is -2.56. The molecule has 0 aromatic carbocycles. The van der Waals surface area contributed by atoms with E-state index in [1.807, 2.05) is 0 Å². The number of nitrogens with one attached hydrogen (secondary N) is 3.